The van der Waals surface area contributed by atoms with Gasteiger partial charge in [0.05, 0.1) is 6.61 Å². The van der Waals surface area contributed by atoms with E-state index < -0.39 is 12.0 Å². The van der Waals surface area contributed by atoms with Gasteiger partial charge in [0, 0.05) is 16.9 Å². The van der Waals surface area contributed by atoms with Crippen molar-refractivity contribution in [2.45, 2.75) is 33.1 Å². The summed E-state index contributed by atoms with van der Waals surface area (Å²) >= 11 is 5.21. The summed E-state index contributed by atoms with van der Waals surface area (Å²) in [6, 6.07) is 14.5. The van der Waals surface area contributed by atoms with Crippen molar-refractivity contribution in [3.8, 4) is 0 Å². The monoisotopic (exact) mass is 414 g/mol. The largest absolute Gasteiger partial charge is 0.450 e. The molecule has 29 heavy (non-hydrogen) atoms. The van der Waals surface area contributed by atoms with Gasteiger partial charge in [-0.25, -0.2) is 4.79 Å². The van der Waals surface area contributed by atoms with Gasteiger partial charge in [0.1, 0.15) is 0 Å². The van der Waals surface area contributed by atoms with Crippen molar-refractivity contribution in [1.82, 2.24) is 10.9 Å². The first kappa shape index (κ1) is 22.2. The number of amides is 2. The topological polar surface area (TPSA) is 91.5 Å². The molecule has 0 heterocycles. The Hall–Kier alpha value is -3.13. The molecule has 0 fully saturated rings. The molecule has 8 heteroatoms. The van der Waals surface area contributed by atoms with Crippen LogP contribution < -0.4 is 21.5 Å². The Balaban J connectivity index is 1.83. The number of hydrogen-bond donors (Lipinski definition) is 4. The molecule has 0 aliphatic heterocycles. The highest BCUT2D eigenvalue weighted by Crippen LogP contribution is 2.12. The van der Waals surface area contributed by atoms with Gasteiger partial charge in [-0.3, -0.25) is 21.0 Å². The Morgan fingerprint density at radius 3 is 2.41 bits per heavy atom. The van der Waals surface area contributed by atoms with Crippen LogP contribution in [0.15, 0.2) is 48.5 Å². The van der Waals surface area contributed by atoms with E-state index in [2.05, 4.69) is 40.5 Å². The summed E-state index contributed by atoms with van der Waals surface area (Å²) < 4.78 is 4.82. The van der Waals surface area contributed by atoms with Gasteiger partial charge >= 0.3 is 6.09 Å². The molecule has 2 amide bonds. The predicted molar refractivity (Wildman–Crippen MR) is 119 cm³/mol. The van der Waals surface area contributed by atoms with E-state index in [0.29, 0.717) is 11.3 Å². The number of benzene rings is 2. The second-order valence-electron chi connectivity index (χ2n) is 6.26. The first-order chi connectivity index (χ1) is 14.0. The van der Waals surface area contributed by atoms with Gasteiger partial charge < -0.3 is 10.1 Å². The molecule has 0 aliphatic rings. The normalized spacial score (nSPS) is 10.0. The van der Waals surface area contributed by atoms with Crippen LogP contribution in [0.4, 0.5) is 16.2 Å². The van der Waals surface area contributed by atoms with Crippen molar-refractivity contribution >= 4 is 40.7 Å². The lowest BCUT2D eigenvalue weighted by Gasteiger charge is -2.12. The summed E-state index contributed by atoms with van der Waals surface area (Å²) in [5.74, 6) is -0.392. The fourth-order valence-electron chi connectivity index (χ4n) is 2.51. The van der Waals surface area contributed by atoms with Crippen molar-refractivity contribution in [1.29, 1.82) is 0 Å². The van der Waals surface area contributed by atoms with Crippen molar-refractivity contribution in [2.75, 3.05) is 17.2 Å². The molecule has 0 bridgehead atoms. The third kappa shape index (κ3) is 7.79. The van der Waals surface area contributed by atoms with E-state index in [-0.39, 0.29) is 11.7 Å². The lowest BCUT2D eigenvalue weighted by Crippen LogP contribution is -2.43. The van der Waals surface area contributed by atoms with Gasteiger partial charge in [-0.05, 0) is 67.9 Å². The van der Waals surface area contributed by atoms with E-state index in [1.807, 2.05) is 12.1 Å². The maximum atomic E-state index is 12.3. The fourth-order valence-corrected chi connectivity index (χ4v) is 2.68. The minimum atomic E-state index is -0.575. The van der Waals surface area contributed by atoms with Gasteiger partial charge in [0.2, 0.25) is 0 Å². The lowest BCUT2D eigenvalue weighted by atomic mass is 10.1. The van der Waals surface area contributed by atoms with Gasteiger partial charge in [0.25, 0.3) is 5.91 Å². The van der Waals surface area contributed by atoms with Crippen LogP contribution >= 0.6 is 12.2 Å². The molecule has 0 atom stereocenters. The standard InChI is InChI=1S/C21H26N4O3S/c1-3-5-7-15-10-12-17(13-11-15)22-20(29)25-24-19(26)16-8-6-9-18(14-16)23-21(27)28-4-2/h6,8-14H,3-5,7H2,1-2H3,(H,23,27)(H,24,26)(H2,22,25,29). The van der Waals surface area contributed by atoms with E-state index in [4.69, 9.17) is 17.0 Å². The summed E-state index contributed by atoms with van der Waals surface area (Å²) in [6.45, 7) is 4.15. The Morgan fingerprint density at radius 2 is 1.72 bits per heavy atom. The molecule has 0 spiro atoms. The number of nitrogens with one attached hydrogen (secondary N) is 4. The van der Waals surface area contributed by atoms with Crippen LogP contribution in [0.2, 0.25) is 0 Å². The van der Waals surface area contributed by atoms with Crippen LogP contribution in [0.25, 0.3) is 0 Å². The molecule has 2 rings (SSSR count). The Bertz CT molecular complexity index is 840. The first-order valence-corrected chi connectivity index (χ1v) is 9.92. The van der Waals surface area contributed by atoms with Crippen LogP contribution in [0, 0.1) is 0 Å². The van der Waals surface area contributed by atoms with Gasteiger partial charge in [-0.1, -0.05) is 31.5 Å². The van der Waals surface area contributed by atoms with Gasteiger partial charge in [0.15, 0.2) is 5.11 Å². The van der Waals surface area contributed by atoms with E-state index in [0.717, 1.165) is 24.9 Å². The third-order valence-corrected chi connectivity index (χ3v) is 4.17. The highest BCUT2D eigenvalue weighted by Gasteiger charge is 2.09. The third-order valence-electron chi connectivity index (χ3n) is 3.97. The zero-order chi connectivity index (χ0) is 21.1. The summed E-state index contributed by atoms with van der Waals surface area (Å²) in [6.07, 6.45) is 2.80. The average Bonchev–Trinajstić information content (AvgIpc) is 2.72. The van der Waals surface area contributed by atoms with E-state index in [1.165, 1.54) is 5.56 Å². The number of unbranched alkanes of at least 4 members (excludes halogenated alkanes) is 1. The molecule has 0 saturated heterocycles. The minimum absolute atomic E-state index is 0.264. The number of ether oxygens (including phenoxy) is 1. The molecule has 154 valence electrons. The number of anilines is 2. The number of aryl methyl sites for hydroxylation is 1. The molecule has 0 unspecified atom stereocenters. The second kappa shape index (κ2) is 11.7. The Kier molecular flexibility index (Phi) is 8.91. The highest BCUT2D eigenvalue weighted by molar-refractivity contribution is 7.80. The van der Waals surface area contributed by atoms with E-state index >= 15 is 0 Å². The Morgan fingerprint density at radius 1 is 0.966 bits per heavy atom. The number of hydrogen-bond acceptors (Lipinski definition) is 4. The molecule has 0 aromatic heterocycles. The van der Waals surface area contributed by atoms with Crippen molar-refractivity contribution in [3.05, 3.63) is 59.7 Å². The molecular formula is C21H26N4O3S. The maximum Gasteiger partial charge on any atom is 0.411 e. The van der Waals surface area contributed by atoms with Crippen LogP contribution in [-0.2, 0) is 11.2 Å². The fraction of sp³-hybridized carbons (Fsp3) is 0.286. The maximum absolute atomic E-state index is 12.3. The molecule has 0 aliphatic carbocycles. The highest BCUT2D eigenvalue weighted by atomic mass is 32.1. The van der Waals surface area contributed by atoms with E-state index in [9.17, 15) is 9.59 Å². The number of carbonyl (C=O) groups excluding carboxylic acids is 2. The number of hydrazine groups is 1. The van der Waals surface area contributed by atoms with Gasteiger partial charge in [-0.15, -0.1) is 0 Å². The van der Waals surface area contributed by atoms with Crippen LogP contribution in [-0.4, -0.2) is 23.7 Å². The zero-order valence-corrected chi connectivity index (χ0v) is 17.4. The molecule has 7 nitrogen and oxygen atoms in total. The summed E-state index contributed by atoms with van der Waals surface area (Å²) in [7, 11) is 0. The summed E-state index contributed by atoms with van der Waals surface area (Å²) in [5.41, 5.74) is 8.12. The van der Waals surface area contributed by atoms with Crippen LogP contribution in [0.3, 0.4) is 0 Å². The van der Waals surface area contributed by atoms with Crippen LogP contribution in [0.1, 0.15) is 42.6 Å². The summed E-state index contributed by atoms with van der Waals surface area (Å²) in [4.78, 5) is 23.8. The Labute approximate surface area is 176 Å². The molecule has 2 aromatic rings. The predicted octanol–water partition coefficient (Wildman–Crippen LogP) is 4.23. The molecular weight excluding hydrogens is 388 g/mol. The van der Waals surface area contributed by atoms with Gasteiger partial charge in [-0.2, -0.15) is 0 Å². The number of rotatable bonds is 7. The zero-order valence-electron chi connectivity index (χ0n) is 16.6. The smallest absolute Gasteiger partial charge is 0.411 e. The van der Waals surface area contributed by atoms with E-state index in [1.54, 1.807) is 31.2 Å². The number of carbonyl (C=O) groups is 2. The SMILES string of the molecule is CCCCc1ccc(NC(=S)NNC(=O)c2cccc(NC(=O)OCC)c2)cc1. The lowest BCUT2D eigenvalue weighted by molar-refractivity contribution is 0.0944. The molecule has 4 N–H and O–H groups in total. The van der Waals surface area contributed by atoms with Crippen molar-refractivity contribution in [2.24, 2.45) is 0 Å². The van der Waals surface area contributed by atoms with Crippen LogP contribution in [0.5, 0.6) is 0 Å². The number of thiocarbonyl (C=S) groups is 1. The first-order valence-electron chi connectivity index (χ1n) is 9.52. The van der Waals surface area contributed by atoms with Crippen molar-refractivity contribution in [3.63, 3.8) is 0 Å². The minimum Gasteiger partial charge on any atom is -0.450 e. The quantitative estimate of drug-likeness (QED) is 0.400. The average molecular weight is 415 g/mol. The van der Waals surface area contributed by atoms with Crippen molar-refractivity contribution < 1.29 is 14.3 Å². The molecule has 2 aromatic carbocycles. The summed E-state index contributed by atoms with van der Waals surface area (Å²) in [5, 5.41) is 5.83. The second-order valence-corrected chi connectivity index (χ2v) is 6.67. The molecule has 0 saturated carbocycles. The molecule has 0 radical (unpaired) electrons.